The van der Waals surface area contributed by atoms with Crippen LogP contribution in [0.3, 0.4) is 0 Å². The van der Waals surface area contributed by atoms with Gasteiger partial charge in [0.05, 0.1) is 20.4 Å². The van der Waals surface area contributed by atoms with Gasteiger partial charge in [-0.3, -0.25) is 0 Å². The lowest BCUT2D eigenvalue weighted by atomic mass is 10.1. The van der Waals surface area contributed by atoms with Gasteiger partial charge in [0.2, 0.25) is 0 Å². The van der Waals surface area contributed by atoms with Crippen LogP contribution in [0.4, 0.5) is 0 Å². The summed E-state index contributed by atoms with van der Waals surface area (Å²) in [6, 6.07) is 3.78. The van der Waals surface area contributed by atoms with E-state index in [2.05, 4.69) is 4.98 Å². The smallest absolute Gasteiger partial charge is 0.187 e. The molecule has 0 aliphatic heterocycles. The molecule has 90 valence electrons. The third-order valence-corrected chi connectivity index (χ3v) is 2.78. The molecular weight excluding hydrogens is 218 g/mol. The maximum Gasteiger partial charge on any atom is 0.187 e. The van der Waals surface area contributed by atoms with Crippen molar-refractivity contribution in [3.8, 4) is 17.2 Å². The fourth-order valence-corrected chi connectivity index (χ4v) is 1.85. The Labute approximate surface area is 99.8 Å². The maximum atomic E-state index is 10.0. The summed E-state index contributed by atoms with van der Waals surface area (Å²) in [5, 5.41) is 10.9. The number of methoxy groups -OCH3 is 2. The van der Waals surface area contributed by atoms with Gasteiger partial charge in [0.25, 0.3) is 0 Å². The van der Waals surface area contributed by atoms with E-state index in [1.165, 1.54) is 7.11 Å². The first-order valence-corrected chi connectivity index (χ1v) is 5.43. The second-order valence-electron chi connectivity index (χ2n) is 3.72. The van der Waals surface area contributed by atoms with Crippen LogP contribution in [0.1, 0.15) is 12.5 Å². The number of phenols is 1. The van der Waals surface area contributed by atoms with Gasteiger partial charge in [-0.25, -0.2) is 4.98 Å². The van der Waals surface area contributed by atoms with Gasteiger partial charge in [-0.05, 0) is 24.1 Å². The Hall–Kier alpha value is -1.97. The van der Waals surface area contributed by atoms with Crippen molar-refractivity contribution in [2.24, 2.45) is 0 Å². The Kier molecular flexibility index (Phi) is 3.04. The van der Waals surface area contributed by atoms with Gasteiger partial charge >= 0.3 is 0 Å². The molecule has 0 unspecified atom stereocenters. The largest absolute Gasteiger partial charge is 0.504 e. The third kappa shape index (κ3) is 1.86. The Balaban J connectivity index is 2.77. The zero-order valence-electron chi connectivity index (χ0n) is 10.2. The van der Waals surface area contributed by atoms with Crippen LogP contribution in [0.5, 0.6) is 17.2 Å². The van der Waals surface area contributed by atoms with E-state index >= 15 is 0 Å². The van der Waals surface area contributed by atoms with Crippen molar-refractivity contribution in [1.29, 1.82) is 0 Å². The summed E-state index contributed by atoms with van der Waals surface area (Å²) >= 11 is 0. The molecule has 4 heteroatoms. The molecule has 0 bridgehead atoms. The van der Waals surface area contributed by atoms with Crippen LogP contribution in [-0.4, -0.2) is 24.3 Å². The second kappa shape index (κ2) is 4.49. The van der Waals surface area contributed by atoms with Crippen LogP contribution < -0.4 is 9.47 Å². The van der Waals surface area contributed by atoms with E-state index in [-0.39, 0.29) is 5.75 Å². The lowest BCUT2D eigenvalue weighted by Gasteiger charge is -2.11. The summed E-state index contributed by atoms with van der Waals surface area (Å²) in [6.07, 6.45) is 2.34. The van der Waals surface area contributed by atoms with E-state index < -0.39 is 0 Å². The highest BCUT2D eigenvalue weighted by Crippen LogP contribution is 2.37. The molecule has 1 heterocycles. The normalized spacial score (nSPS) is 10.5. The van der Waals surface area contributed by atoms with Gasteiger partial charge in [0, 0.05) is 5.39 Å². The summed E-state index contributed by atoms with van der Waals surface area (Å²) in [4.78, 5) is 4.25. The molecule has 4 nitrogen and oxygen atoms in total. The van der Waals surface area contributed by atoms with E-state index in [0.29, 0.717) is 17.0 Å². The quantitative estimate of drug-likeness (QED) is 0.885. The number of hydrogen-bond donors (Lipinski definition) is 1. The van der Waals surface area contributed by atoms with Crippen molar-refractivity contribution in [1.82, 2.24) is 4.98 Å². The summed E-state index contributed by atoms with van der Waals surface area (Å²) < 4.78 is 10.4. The van der Waals surface area contributed by atoms with Gasteiger partial charge in [-0.2, -0.15) is 0 Å². The highest BCUT2D eigenvalue weighted by Gasteiger charge is 2.13. The van der Waals surface area contributed by atoms with Crippen LogP contribution in [0.25, 0.3) is 10.9 Å². The highest BCUT2D eigenvalue weighted by molar-refractivity contribution is 5.89. The van der Waals surface area contributed by atoms with Gasteiger partial charge in [0.1, 0.15) is 11.3 Å². The molecule has 0 saturated heterocycles. The lowest BCUT2D eigenvalue weighted by Crippen LogP contribution is -1.93. The lowest BCUT2D eigenvalue weighted by molar-refractivity contribution is 0.374. The summed E-state index contributed by atoms with van der Waals surface area (Å²) in [6.45, 7) is 1.98. The van der Waals surface area contributed by atoms with Gasteiger partial charge in [-0.1, -0.05) is 6.92 Å². The Morgan fingerprint density at radius 1 is 1.24 bits per heavy atom. The molecule has 1 aromatic heterocycles. The topological polar surface area (TPSA) is 51.6 Å². The predicted octanol–water partition coefficient (Wildman–Crippen LogP) is 2.52. The van der Waals surface area contributed by atoms with E-state index in [4.69, 9.17) is 9.47 Å². The van der Waals surface area contributed by atoms with Crippen molar-refractivity contribution in [2.75, 3.05) is 14.2 Å². The Morgan fingerprint density at radius 3 is 2.59 bits per heavy atom. The summed E-state index contributed by atoms with van der Waals surface area (Å²) in [5.41, 5.74) is 1.48. The number of aromatic nitrogens is 1. The number of nitrogens with zero attached hydrogens (tertiary/aromatic N) is 1. The number of phenolic OH excluding ortho intramolecular Hbond substituents is 1. The minimum atomic E-state index is 0.167. The molecule has 0 aliphatic rings. The monoisotopic (exact) mass is 233 g/mol. The number of fused-ring (bicyclic) bond motifs is 1. The number of aryl methyl sites for hydroxylation is 1. The molecular formula is C13H15NO3. The first-order chi connectivity index (χ1) is 8.21. The fourth-order valence-electron chi connectivity index (χ4n) is 1.85. The molecule has 0 spiro atoms. The highest BCUT2D eigenvalue weighted by atomic mass is 16.5. The van der Waals surface area contributed by atoms with E-state index in [1.807, 2.05) is 19.1 Å². The number of pyridine rings is 1. The van der Waals surface area contributed by atoms with E-state index in [0.717, 1.165) is 17.4 Å². The first kappa shape index (κ1) is 11.5. The summed E-state index contributed by atoms with van der Waals surface area (Å²) in [7, 11) is 3.13. The second-order valence-corrected chi connectivity index (χ2v) is 3.72. The number of rotatable bonds is 3. The maximum absolute atomic E-state index is 10.0. The van der Waals surface area contributed by atoms with Crippen molar-refractivity contribution in [3.63, 3.8) is 0 Å². The molecule has 0 fully saturated rings. The molecule has 0 aliphatic carbocycles. The predicted molar refractivity (Wildman–Crippen MR) is 65.9 cm³/mol. The molecule has 0 radical (unpaired) electrons. The summed E-state index contributed by atoms with van der Waals surface area (Å²) in [5.74, 6) is 1.27. The third-order valence-electron chi connectivity index (χ3n) is 2.78. The van der Waals surface area contributed by atoms with E-state index in [1.54, 1.807) is 13.3 Å². The van der Waals surface area contributed by atoms with Crippen LogP contribution in [0.2, 0.25) is 0 Å². The van der Waals surface area contributed by atoms with Crippen LogP contribution in [-0.2, 0) is 6.42 Å². The number of hydrogen-bond acceptors (Lipinski definition) is 4. The van der Waals surface area contributed by atoms with Gasteiger partial charge in [0.15, 0.2) is 11.5 Å². The zero-order valence-corrected chi connectivity index (χ0v) is 10.2. The first-order valence-electron chi connectivity index (χ1n) is 5.43. The van der Waals surface area contributed by atoms with E-state index in [9.17, 15) is 5.11 Å². The van der Waals surface area contributed by atoms with Crippen molar-refractivity contribution in [2.45, 2.75) is 13.3 Å². The molecule has 1 aromatic carbocycles. The fraction of sp³-hybridized carbons (Fsp3) is 0.308. The van der Waals surface area contributed by atoms with Gasteiger partial charge in [-0.15, -0.1) is 0 Å². The minimum absolute atomic E-state index is 0.167. The molecule has 1 N–H and O–H groups in total. The molecule has 0 atom stereocenters. The number of benzene rings is 1. The van der Waals surface area contributed by atoms with Crippen LogP contribution in [0, 0.1) is 0 Å². The molecule has 2 rings (SSSR count). The molecule has 0 amide bonds. The minimum Gasteiger partial charge on any atom is -0.504 e. The van der Waals surface area contributed by atoms with Crippen molar-refractivity contribution < 1.29 is 14.6 Å². The zero-order chi connectivity index (χ0) is 12.4. The molecule has 17 heavy (non-hydrogen) atoms. The number of aromatic hydroxyl groups is 1. The molecule has 2 aromatic rings. The standard InChI is InChI=1S/C13H15NO3/c1-4-8-5-9-6-10(16-2)7-14-11(9)13(17-3)12(8)15/h5-7,15H,4H2,1-3H3. The van der Waals surface area contributed by atoms with Crippen molar-refractivity contribution in [3.05, 3.63) is 23.9 Å². The average Bonchev–Trinajstić information content (AvgIpc) is 2.37. The van der Waals surface area contributed by atoms with Crippen LogP contribution in [0.15, 0.2) is 18.3 Å². The molecule has 0 saturated carbocycles. The Morgan fingerprint density at radius 2 is 2.00 bits per heavy atom. The van der Waals surface area contributed by atoms with Crippen molar-refractivity contribution >= 4 is 10.9 Å². The number of ether oxygens (including phenoxy) is 2. The Bertz CT molecular complexity index is 552. The SMILES string of the molecule is CCc1cc2cc(OC)cnc2c(OC)c1O. The van der Waals surface area contributed by atoms with Gasteiger partial charge < -0.3 is 14.6 Å². The average molecular weight is 233 g/mol. The van der Waals surface area contributed by atoms with Crippen LogP contribution >= 0.6 is 0 Å².